The number of carbonyl (C=O) groups excluding carboxylic acids is 1. The van der Waals surface area contributed by atoms with Crippen molar-refractivity contribution in [3.8, 4) is 6.07 Å². The van der Waals surface area contributed by atoms with Crippen LogP contribution in [-0.4, -0.2) is 23.4 Å². The van der Waals surface area contributed by atoms with Gasteiger partial charge in [0.05, 0.1) is 17.7 Å². The summed E-state index contributed by atoms with van der Waals surface area (Å²) >= 11 is 0. The monoisotopic (exact) mass is 257 g/mol. The number of nitriles is 1. The minimum Gasteiger partial charge on any atom is -0.334 e. The first kappa shape index (κ1) is 13.6. The number of hydrogen-bond donors (Lipinski definition) is 1. The van der Waals surface area contributed by atoms with Gasteiger partial charge in [-0.15, -0.1) is 0 Å². The summed E-state index contributed by atoms with van der Waals surface area (Å²) in [6.45, 7) is 2.79. The second-order valence-corrected chi connectivity index (χ2v) is 4.97. The summed E-state index contributed by atoms with van der Waals surface area (Å²) in [5.41, 5.74) is 7.85. The first-order chi connectivity index (χ1) is 9.17. The number of rotatable bonds is 3. The molecule has 2 rings (SSSR count). The standard InChI is InChI=1S/C15H19N3O/c1-2-9-18-14(19)8-7-13(17)15(18)12-5-3-11(10-16)4-6-12/h3-6,13,15H,2,7-9,17H2,1H3. The molecular weight excluding hydrogens is 238 g/mol. The van der Waals surface area contributed by atoms with E-state index in [4.69, 9.17) is 11.0 Å². The first-order valence-electron chi connectivity index (χ1n) is 6.72. The summed E-state index contributed by atoms with van der Waals surface area (Å²) in [7, 11) is 0. The molecule has 1 aliphatic rings. The van der Waals surface area contributed by atoms with Gasteiger partial charge in [-0.1, -0.05) is 19.1 Å². The van der Waals surface area contributed by atoms with Gasteiger partial charge in [-0.05, 0) is 30.5 Å². The van der Waals surface area contributed by atoms with Crippen molar-refractivity contribution in [2.75, 3.05) is 6.54 Å². The second kappa shape index (κ2) is 5.85. The van der Waals surface area contributed by atoms with Crippen LogP contribution >= 0.6 is 0 Å². The molecule has 0 aliphatic carbocycles. The van der Waals surface area contributed by atoms with Crippen molar-refractivity contribution < 1.29 is 4.79 Å². The maximum absolute atomic E-state index is 12.1. The number of amides is 1. The molecule has 1 heterocycles. The molecule has 0 radical (unpaired) electrons. The van der Waals surface area contributed by atoms with Crippen molar-refractivity contribution in [1.82, 2.24) is 4.90 Å². The maximum Gasteiger partial charge on any atom is 0.223 e. The highest BCUT2D eigenvalue weighted by molar-refractivity contribution is 5.78. The lowest BCUT2D eigenvalue weighted by molar-refractivity contribution is -0.137. The lowest BCUT2D eigenvalue weighted by Crippen LogP contribution is -2.49. The molecule has 19 heavy (non-hydrogen) atoms. The van der Waals surface area contributed by atoms with Crippen LogP contribution in [0.25, 0.3) is 0 Å². The van der Waals surface area contributed by atoms with E-state index in [0.29, 0.717) is 12.0 Å². The quantitative estimate of drug-likeness (QED) is 0.899. The van der Waals surface area contributed by atoms with Crippen molar-refractivity contribution in [3.05, 3.63) is 35.4 Å². The molecule has 4 nitrogen and oxygen atoms in total. The van der Waals surface area contributed by atoms with Crippen LogP contribution in [0.15, 0.2) is 24.3 Å². The summed E-state index contributed by atoms with van der Waals surface area (Å²) in [5, 5.41) is 8.83. The van der Waals surface area contributed by atoms with Gasteiger partial charge in [0.1, 0.15) is 0 Å². The van der Waals surface area contributed by atoms with Gasteiger partial charge in [0, 0.05) is 19.0 Å². The van der Waals surface area contributed by atoms with Crippen molar-refractivity contribution in [2.24, 2.45) is 5.73 Å². The maximum atomic E-state index is 12.1. The van der Waals surface area contributed by atoms with Crippen LogP contribution < -0.4 is 5.73 Å². The van der Waals surface area contributed by atoms with Crippen LogP contribution in [0.5, 0.6) is 0 Å². The molecule has 0 aromatic heterocycles. The van der Waals surface area contributed by atoms with Crippen LogP contribution in [0.4, 0.5) is 0 Å². The molecule has 1 aliphatic heterocycles. The van der Waals surface area contributed by atoms with E-state index >= 15 is 0 Å². The zero-order valence-electron chi connectivity index (χ0n) is 11.2. The van der Waals surface area contributed by atoms with Crippen molar-refractivity contribution in [1.29, 1.82) is 5.26 Å². The van der Waals surface area contributed by atoms with E-state index in [-0.39, 0.29) is 18.0 Å². The van der Waals surface area contributed by atoms with Crippen LogP contribution in [0.1, 0.15) is 43.4 Å². The van der Waals surface area contributed by atoms with Gasteiger partial charge in [0.25, 0.3) is 0 Å². The van der Waals surface area contributed by atoms with E-state index in [9.17, 15) is 4.79 Å². The molecular formula is C15H19N3O. The summed E-state index contributed by atoms with van der Waals surface area (Å²) in [4.78, 5) is 13.9. The first-order valence-corrected chi connectivity index (χ1v) is 6.72. The molecule has 2 unspecified atom stereocenters. The highest BCUT2D eigenvalue weighted by Crippen LogP contribution is 2.31. The normalized spacial score (nSPS) is 23.2. The van der Waals surface area contributed by atoms with Gasteiger partial charge < -0.3 is 10.6 Å². The van der Waals surface area contributed by atoms with Gasteiger partial charge in [0.2, 0.25) is 5.91 Å². The summed E-state index contributed by atoms with van der Waals surface area (Å²) in [6.07, 6.45) is 2.18. The average molecular weight is 257 g/mol. The summed E-state index contributed by atoms with van der Waals surface area (Å²) in [6, 6.07) is 9.39. The highest BCUT2D eigenvalue weighted by atomic mass is 16.2. The Labute approximate surface area is 113 Å². The smallest absolute Gasteiger partial charge is 0.223 e. The van der Waals surface area contributed by atoms with Gasteiger partial charge in [-0.25, -0.2) is 0 Å². The average Bonchev–Trinajstić information content (AvgIpc) is 2.44. The number of nitrogens with zero attached hydrogens (tertiary/aromatic N) is 2. The molecule has 2 N–H and O–H groups in total. The fraction of sp³-hybridized carbons (Fsp3) is 0.467. The molecule has 1 aromatic rings. The third-order valence-electron chi connectivity index (χ3n) is 3.60. The largest absolute Gasteiger partial charge is 0.334 e. The molecule has 100 valence electrons. The Morgan fingerprint density at radius 1 is 1.42 bits per heavy atom. The Bertz CT molecular complexity index is 489. The molecule has 0 bridgehead atoms. The highest BCUT2D eigenvalue weighted by Gasteiger charge is 2.34. The van der Waals surface area contributed by atoms with E-state index in [0.717, 1.165) is 24.9 Å². The lowest BCUT2D eigenvalue weighted by atomic mass is 9.90. The zero-order chi connectivity index (χ0) is 13.8. The van der Waals surface area contributed by atoms with Crippen molar-refractivity contribution in [3.63, 3.8) is 0 Å². The molecule has 0 saturated carbocycles. The predicted molar refractivity (Wildman–Crippen MR) is 73.1 cm³/mol. The fourth-order valence-corrected chi connectivity index (χ4v) is 2.66. The number of likely N-dealkylation sites (tertiary alicyclic amines) is 1. The van der Waals surface area contributed by atoms with Crippen molar-refractivity contribution >= 4 is 5.91 Å². The summed E-state index contributed by atoms with van der Waals surface area (Å²) in [5.74, 6) is 0.179. The van der Waals surface area contributed by atoms with E-state index in [1.807, 2.05) is 17.0 Å². The number of hydrogen-bond acceptors (Lipinski definition) is 3. The number of piperidine rings is 1. The van der Waals surface area contributed by atoms with Gasteiger partial charge in [-0.2, -0.15) is 5.26 Å². The fourth-order valence-electron chi connectivity index (χ4n) is 2.66. The second-order valence-electron chi connectivity index (χ2n) is 4.97. The SMILES string of the molecule is CCCN1C(=O)CCC(N)C1c1ccc(C#N)cc1. The molecule has 2 atom stereocenters. The van der Waals surface area contributed by atoms with Gasteiger partial charge >= 0.3 is 0 Å². The molecule has 1 saturated heterocycles. The third-order valence-corrected chi connectivity index (χ3v) is 3.60. The molecule has 1 aromatic carbocycles. The van der Waals surface area contributed by atoms with E-state index in [1.54, 1.807) is 12.1 Å². The van der Waals surface area contributed by atoms with Crippen LogP contribution in [0.2, 0.25) is 0 Å². The van der Waals surface area contributed by atoms with Crippen LogP contribution in [0, 0.1) is 11.3 Å². The Kier molecular flexibility index (Phi) is 4.18. The lowest BCUT2D eigenvalue weighted by Gasteiger charge is -2.40. The molecule has 4 heteroatoms. The van der Waals surface area contributed by atoms with E-state index in [2.05, 4.69) is 13.0 Å². The number of carbonyl (C=O) groups is 1. The minimum atomic E-state index is -0.0612. The topological polar surface area (TPSA) is 70.1 Å². The van der Waals surface area contributed by atoms with Gasteiger partial charge in [0.15, 0.2) is 0 Å². The molecule has 0 spiro atoms. The Morgan fingerprint density at radius 3 is 2.68 bits per heavy atom. The van der Waals surface area contributed by atoms with Crippen LogP contribution in [-0.2, 0) is 4.79 Å². The van der Waals surface area contributed by atoms with E-state index < -0.39 is 0 Å². The summed E-state index contributed by atoms with van der Waals surface area (Å²) < 4.78 is 0. The van der Waals surface area contributed by atoms with E-state index in [1.165, 1.54) is 0 Å². The minimum absolute atomic E-state index is 0.0304. The van der Waals surface area contributed by atoms with Crippen LogP contribution in [0.3, 0.4) is 0 Å². The Hall–Kier alpha value is -1.86. The Balaban J connectivity index is 2.31. The predicted octanol–water partition coefficient (Wildman–Crippen LogP) is 1.96. The zero-order valence-corrected chi connectivity index (χ0v) is 11.2. The Morgan fingerprint density at radius 2 is 2.11 bits per heavy atom. The van der Waals surface area contributed by atoms with Gasteiger partial charge in [-0.3, -0.25) is 4.79 Å². The molecule has 1 amide bonds. The van der Waals surface area contributed by atoms with Crippen molar-refractivity contribution in [2.45, 2.75) is 38.3 Å². The third kappa shape index (κ3) is 2.77. The number of benzene rings is 1. The molecule has 1 fully saturated rings. The number of nitrogens with two attached hydrogens (primary N) is 1.